The minimum atomic E-state index is 0.478. The summed E-state index contributed by atoms with van der Waals surface area (Å²) in [5.74, 6) is 0. The van der Waals surface area contributed by atoms with Crippen LogP contribution in [-0.2, 0) is 6.54 Å². The summed E-state index contributed by atoms with van der Waals surface area (Å²) in [7, 11) is 0. The van der Waals surface area contributed by atoms with Crippen molar-refractivity contribution in [1.82, 2.24) is 4.98 Å². The number of pyridine rings is 1. The first kappa shape index (κ1) is 11.9. The van der Waals surface area contributed by atoms with Crippen LogP contribution in [0.3, 0.4) is 0 Å². The third-order valence-corrected chi connectivity index (χ3v) is 3.28. The summed E-state index contributed by atoms with van der Waals surface area (Å²) in [4.78, 5) is 4.03. The highest BCUT2D eigenvalue weighted by atomic mass is 127. The van der Waals surface area contributed by atoms with Crippen LogP contribution in [0.2, 0.25) is 0 Å². The lowest BCUT2D eigenvalue weighted by atomic mass is 10.2. The zero-order valence-electron chi connectivity index (χ0n) is 9.02. The van der Waals surface area contributed by atoms with E-state index in [1.807, 2.05) is 36.4 Å². The second-order valence-corrected chi connectivity index (χ2v) is 4.62. The van der Waals surface area contributed by atoms with Gasteiger partial charge in [0.2, 0.25) is 0 Å². The third-order valence-electron chi connectivity index (χ3n) is 2.34. The Hall–Kier alpha value is -1.61. The quantitative estimate of drug-likeness (QED) is 0.877. The van der Waals surface area contributed by atoms with Gasteiger partial charge in [-0.1, -0.05) is 18.2 Å². The largest absolute Gasteiger partial charge is 0.380 e. The number of rotatable bonds is 3. The van der Waals surface area contributed by atoms with E-state index in [1.165, 1.54) is 0 Å². The molecule has 0 fully saturated rings. The molecule has 1 heterocycles. The lowest BCUT2D eigenvalue weighted by Crippen LogP contribution is -2.03. The first-order chi connectivity index (χ1) is 8.31. The van der Waals surface area contributed by atoms with Gasteiger partial charge in [-0.2, -0.15) is 5.26 Å². The summed E-state index contributed by atoms with van der Waals surface area (Å²) in [6.07, 6.45) is 1.63. The highest BCUT2D eigenvalue weighted by Gasteiger charge is 2.03. The van der Waals surface area contributed by atoms with Crippen LogP contribution in [0, 0.1) is 14.9 Å². The molecule has 0 radical (unpaired) electrons. The van der Waals surface area contributed by atoms with Crippen molar-refractivity contribution < 1.29 is 0 Å². The molecule has 0 aliphatic heterocycles. The summed E-state index contributed by atoms with van der Waals surface area (Å²) >= 11 is 2.28. The lowest BCUT2D eigenvalue weighted by molar-refractivity contribution is 1.09. The minimum Gasteiger partial charge on any atom is -0.380 e. The Morgan fingerprint density at radius 3 is 2.82 bits per heavy atom. The molecule has 0 saturated carbocycles. The van der Waals surface area contributed by atoms with Crippen LogP contribution in [0.5, 0.6) is 0 Å². The van der Waals surface area contributed by atoms with E-state index in [-0.39, 0.29) is 0 Å². The van der Waals surface area contributed by atoms with Crippen molar-refractivity contribution in [2.45, 2.75) is 6.54 Å². The van der Waals surface area contributed by atoms with Gasteiger partial charge in [0.1, 0.15) is 11.8 Å². The van der Waals surface area contributed by atoms with Crippen LogP contribution in [0.15, 0.2) is 42.6 Å². The number of benzene rings is 1. The van der Waals surface area contributed by atoms with Gasteiger partial charge < -0.3 is 5.32 Å². The van der Waals surface area contributed by atoms with Crippen molar-refractivity contribution >= 4 is 28.3 Å². The number of anilines is 1. The molecule has 2 rings (SSSR count). The number of hydrogen-bond donors (Lipinski definition) is 1. The number of para-hydroxylation sites is 1. The molecule has 0 atom stereocenters. The maximum atomic E-state index is 8.93. The molecule has 1 aromatic carbocycles. The van der Waals surface area contributed by atoms with Crippen molar-refractivity contribution in [3.05, 3.63) is 57.4 Å². The van der Waals surface area contributed by atoms with Crippen molar-refractivity contribution in [3.8, 4) is 6.07 Å². The van der Waals surface area contributed by atoms with E-state index in [2.05, 4.69) is 39.0 Å². The molecule has 4 heteroatoms. The van der Waals surface area contributed by atoms with E-state index in [9.17, 15) is 0 Å². The maximum absolute atomic E-state index is 8.93. The molecule has 3 nitrogen and oxygen atoms in total. The van der Waals surface area contributed by atoms with E-state index < -0.39 is 0 Å². The Kier molecular flexibility index (Phi) is 3.94. The molecule has 0 bridgehead atoms. The molecule has 0 spiro atoms. The predicted molar refractivity (Wildman–Crippen MR) is 75.4 cm³/mol. The summed E-state index contributed by atoms with van der Waals surface area (Å²) in [6.45, 7) is 0.608. The fourth-order valence-corrected chi connectivity index (χ4v) is 2.06. The van der Waals surface area contributed by atoms with Gasteiger partial charge in [0, 0.05) is 27.6 Å². The Morgan fingerprint density at radius 1 is 1.24 bits per heavy atom. The molecule has 1 aromatic heterocycles. The van der Waals surface area contributed by atoms with Gasteiger partial charge in [-0.15, -0.1) is 0 Å². The van der Waals surface area contributed by atoms with Crippen LogP contribution in [0.25, 0.3) is 0 Å². The monoisotopic (exact) mass is 335 g/mol. The van der Waals surface area contributed by atoms with Crippen molar-refractivity contribution in [2.24, 2.45) is 0 Å². The minimum absolute atomic E-state index is 0.478. The summed E-state index contributed by atoms with van der Waals surface area (Å²) < 4.78 is 1.16. The molecular weight excluding hydrogens is 325 g/mol. The van der Waals surface area contributed by atoms with Gasteiger partial charge in [-0.3, -0.25) is 0 Å². The number of nitrogens with zero attached hydrogens (tertiary/aromatic N) is 2. The molecule has 0 aliphatic carbocycles. The van der Waals surface area contributed by atoms with Crippen LogP contribution in [0.4, 0.5) is 5.69 Å². The SMILES string of the molecule is N#Cc1ncccc1CNc1ccccc1I. The Labute approximate surface area is 114 Å². The van der Waals surface area contributed by atoms with E-state index in [1.54, 1.807) is 6.20 Å². The second kappa shape index (κ2) is 5.64. The molecule has 0 aliphatic rings. The molecule has 0 saturated heterocycles. The molecule has 1 N–H and O–H groups in total. The van der Waals surface area contributed by atoms with Crippen molar-refractivity contribution in [1.29, 1.82) is 5.26 Å². The second-order valence-electron chi connectivity index (χ2n) is 3.46. The van der Waals surface area contributed by atoms with Crippen LogP contribution in [0.1, 0.15) is 11.3 Å². The summed E-state index contributed by atoms with van der Waals surface area (Å²) in [5, 5.41) is 12.2. The Balaban J connectivity index is 2.13. The average molecular weight is 335 g/mol. The normalized spacial score (nSPS) is 9.65. The number of hydrogen-bond acceptors (Lipinski definition) is 3. The molecule has 0 amide bonds. The zero-order valence-corrected chi connectivity index (χ0v) is 11.2. The van der Waals surface area contributed by atoms with E-state index >= 15 is 0 Å². The standard InChI is InChI=1S/C13H10IN3/c14-11-5-1-2-6-12(11)17-9-10-4-3-7-16-13(10)8-15/h1-7,17H,9H2. The van der Waals surface area contributed by atoms with E-state index in [4.69, 9.17) is 5.26 Å². The van der Waals surface area contributed by atoms with Gasteiger partial charge in [-0.05, 0) is 40.8 Å². The van der Waals surface area contributed by atoms with Gasteiger partial charge in [0.25, 0.3) is 0 Å². The summed E-state index contributed by atoms with van der Waals surface area (Å²) in [6, 6.07) is 13.9. The van der Waals surface area contributed by atoms with E-state index in [0.717, 1.165) is 14.8 Å². The number of nitriles is 1. The van der Waals surface area contributed by atoms with Crippen LogP contribution >= 0.6 is 22.6 Å². The van der Waals surface area contributed by atoms with Gasteiger partial charge in [0.15, 0.2) is 0 Å². The van der Waals surface area contributed by atoms with Crippen LogP contribution < -0.4 is 5.32 Å². The van der Waals surface area contributed by atoms with Gasteiger partial charge in [0.05, 0.1) is 0 Å². The first-order valence-electron chi connectivity index (χ1n) is 5.13. The van der Waals surface area contributed by atoms with Crippen molar-refractivity contribution in [2.75, 3.05) is 5.32 Å². The molecule has 84 valence electrons. The topological polar surface area (TPSA) is 48.7 Å². The highest BCUT2D eigenvalue weighted by molar-refractivity contribution is 14.1. The Bertz CT molecular complexity index is 561. The highest BCUT2D eigenvalue weighted by Crippen LogP contribution is 2.18. The van der Waals surface area contributed by atoms with Gasteiger partial charge >= 0.3 is 0 Å². The summed E-state index contributed by atoms with van der Waals surface area (Å²) in [5.41, 5.74) is 2.46. The smallest absolute Gasteiger partial charge is 0.145 e. The fraction of sp³-hybridized carbons (Fsp3) is 0.0769. The van der Waals surface area contributed by atoms with Gasteiger partial charge in [-0.25, -0.2) is 4.98 Å². The first-order valence-corrected chi connectivity index (χ1v) is 6.21. The molecule has 2 aromatic rings. The molecular formula is C13H10IN3. The Morgan fingerprint density at radius 2 is 2.06 bits per heavy atom. The molecule has 0 unspecified atom stereocenters. The van der Waals surface area contributed by atoms with Crippen LogP contribution in [-0.4, -0.2) is 4.98 Å². The lowest BCUT2D eigenvalue weighted by Gasteiger charge is -2.08. The number of aromatic nitrogens is 1. The number of nitrogens with one attached hydrogen (secondary N) is 1. The number of halogens is 1. The zero-order chi connectivity index (χ0) is 12.1. The average Bonchev–Trinajstić information content (AvgIpc) is 2.38. The maximum Gasteiger partial charge on any atom is 0.145 e. The predicted octanol–water partition coefficient (Wildman–Crippen LogP) is 3.17. The van der Waals surface area contributed by atoms with Crippen molar-refractivity contribution in [3.63, 3.8) is 0 Å². The third kappa shape index (κ3) is 2.94. The molecule has 17 heavy (non-hydrogen) atoms. The fourth-order valence-electron chi connectivity index (χ4n) is 1.48. The van der Waals surface area contributed by atoms with E-state index in [0.29, 0.717) is 12.2 Å².